The van der Waals surface area contributed by atoms with Gasteiger partial charge < -0.3 is 14.2 Å². The molecule has 38 heavy (non-hydrogen) atoms. The van der Waals surface area contributed by atoms with E-state index in [0.29, 0.717) is 5.75 Å². The van der Waals surface area contributed by atoms with Crippen molar-refractivity contribution in [3.8, 4) is 5.75 Å². The maximum absolute atomic E-state index is 12.3. The first-order valence-corrected chi connectivity index (χ1v) is 14.5. The number of benzene rings is 1. The summed E-state index contributed by atoms with van der Waals surface area (Å²) in [6.07, 6.45) is 3.69. The first kappa shape index (κ1) is 33.7. The van der Waals surface area contributed by atoms with E-state index in [9.17, 15) is 14.4 Å². The summed E-state index contributed by atoms with van der Waals surface area (Å²) in [6, 6.07) is 8.34. The number of Topliss-reactive ketones (excluding diaryl/α,β-unsaturated/α-hetero) is 1. The second kappa shape index (κ2) is 14.7. The van der Waals surface area contributed by atoms with Crippen molar-refractivity contribution >= 4 is 41.7 Å². The van der Waals surface area contributed by atoms with E-state index >= 15 is 0 Å². The van der Waals surface area contributed by atoms with E-state index in [2.05, 4.69) is 44.7 Å². The Morgan fingerprint density at radius 3 is 1.92 bits per heavy atom. The fourth-order valence-electron chi connectivity index (χ4n) is 4.31. The molecule has 0 aliphatic heterocycles. The maximum Gasteiger partial charge on any atom is 0.320 e. The number of carbonyl (C=O) groups excluding carboxylic acids is 3. The van der Waals surface area contributed by atoms with Crippen molar-refractivity contribution in [2.45, 2.75) is 73.1 Å². The average molecular weight is 565 g/mol. The highest BCUT2D eigenvalue weighted by atomic mass is 32.1. The van der Waals surface area contributed by atoms with Crippen LogP contribution in [0.25, 0.3) is 0 Å². The van der Waals surface area contributed by atoms with Gasteiger partial charge in [0.05, 0.1) is 14.2 Å². The molecule has 0 saturated heterocycles. The molecular formula is C30H44O6S2. The van der Waals surface area contributed by atoms with Crippen LogP contribution in [0.2, 0.25) is 0 Å². The minimum atomic E-state index is -0.989. The highest BCUT2D eigenvalue weighted by molar-refractivity contribution is 7.79. The molecule has 0 radical (unpaired) electrons. The molecule has 0 N–H and O–H groups in total. The van der Waals surface area contributed by atoms with Gasteiger partial charge in [0.15, 0.2) is 11.7 Å². The molecule has 0 saturated carbocycles. The zero-order chi connectivity index (χ0) is 29.3. The first-order chi connectivity index (χ1) is 17.8. The lowest BCUT2D eigenvalue weighted by Crippen LogP contribution is -2.28. The Morgan fingerprint density at radius 1 is 0.921 bits per heavy atom. The number of esters is 2. The van der Waals surface area contributed by atoms with E-state index in [1.165, 1.54) is 24.7 Å². The van der Waals surface area contributed by atoms with Gasteiger partial charge >= 0.3 is 11.9 Å². The molecule has 8 heteroatoms. The summed E-state index contributed by atoms with van der Waals surface area (Å²) >= 11 is 5.16. The lowest BCUT2D eigenvalue weighted by Gasteiger charge is -2.32. The van der Waals surface area contributed by atoms with E-state index < -0.39 is 23.3 Å². The number of hydrogen-bond donors (Lipinski definition) is 1. The molecule has 1 aromatic carbocycles. The molecule has 0 aliphatic carbocycles. The molecule has 1 heterocycles. The van der Waals surface area contributed by atoms with Gasteiger partial charge in [-0.05, 0) is 61.8 Å². The molecule has 0 amide bonds. The third-order valence-electron chi connectivity index (χ3n) is 6.98. The minimum Gasteiger partial charge on any atom is -0.486 e. The second-order valence-corrected chi connectivity index (χ2v) is 11.4. The molecule has 0 atom stereocenters. The third kappa shape index (κ3) is 7.85. The summed E-state index contributed by atoms with van der Waals surface area (Å²) in [5.41, 5.74) is 2.51. The summed E-state index contributed by atoms with van der Waals surface area (Å²) in [6.45, 7) is 14.1. The van der Waals surface area contributed by atoms with E-state index in [1.54, 1.807) is 17.6 Å². The minimum absolute atomic E-state index is 0.0470. The van der Waals surface area contributed by atoms with Crippen molar-refractivity contribution in [1.82, 2.24) is 0 Å². The van der Waals surface area contributed by atoms with Gasteiger partial charge in [-0.15, -0.1) is 11.3 Å². The quantitative estimate of drug-likeness (QED) is 0.190. The van der Waals surface area contributed by atoms with Crippen LogP contribution in [0, 0.1) is 25.2 Å². The predicted octanol–water partition coefficient (Wildman–Crippen LogP) is 6.52. The van der Waals surface area contributed by atoms with Gasteiger partial charge in [0, 0.05) is 27.0 Å². The Morgan fingerprint density at radius 2 is 1.47 bits per heavy atom. The van der Waals surface area contributed by atoms with Crippen molar-refractivity contribution in [2.24, 2.45) is 11.3 Å². The summed E-state index contributed by atoms with van der Waals surface area (Å²) in [5, 5.41) is 0. The Hall–Kier alpha value is -2.32. The van der Waals surface area contributed by atoms with E-state index in [-0.39, 0.29) is 24.2 Å². The molecule has 212 valence electrons. The summed E-state index contributed by atoms with van der Waals surface area (Å²) in [7, 11) is 2.55. The van der Waals surface area contributed by atoms with Crippen LogP contribution in [-0.2, 0) is 35.7 Å². The SMILES string of the molecule is CCC(CC)(c1ccc(OCC(=O)C(C)(C)C)c(C)c1)c1cc(C)c(CC(C(=O)OC)C(=O)OC)s1.CS. The van der Waals surface area contributed by atoms with Crippen molar-refractivity contribution in [3.05, 3.63) is 50.7 Å². The van der Waals surface area contributed by atoms with Crippen LogP contribution >= 0.6 is 24.0 Å². The van der Waals surface area contributed by atoms with Gasteiger partial charge in [-0.1, -0.05) is 46.8 Å². The van der Waals surface area contributed by atoms with Crippen LogP contribution in [0.3, 0.4) is 0 Å². The number of carbonyl (C=O) groups is 3. The molecule has 0 aliphatic rings. The summed E-state index contributed by atoms with van der Waals surface area (Å²) in [5.74, 6) is -1.41. The van der Waals surface area contributed by atoms with E-state index in [1.807, 2.05) is 40.7 Å². The van der Waals surface area contributed by atoms with Gasteiger partial charge in [-0.3, -0.25) is 14.4 Å². The van der Waals surface area contributed by atoms with Crippen LogP contribution in [-0.4, -0.2) is 44.8 Å². The molecule has 0 fully saturated rings. The number of methoxy groups -OCH3 is 2. The Kier molecular flexibility index (Phi) is 13.1. The van der Waals surface area contributed by atoms with E-state index in [4.69, 9.17) is 14.2 Å². The van der Waals surface area contributed by atoms with Gasteiger partial charge in [-0.2, -0.15) is 12.6 Å². The number of ether oxygens (including phenoxy) is 3. The first-order valence-electron chi connectivity index (χ1n) is 12.8. The van der Waals surface area contributed by atoms with Gasteiger partial charge in [0.1, 0.15) is 12.4 Å². The Labute approximate surface area is 237 Å². The van der Waals surface area contributed by atoms with Gasteiger partial charge in [0.2, 0.25) is 0 Å². The highest BCUT2D eigenvalue weighted by Crippen LogP contribution is 2.44. The molecule has 0 spiro atoms. The van der Waals surface area contributed by atoms with Crippen LogP contribution < -0.4 is 4.74 Å². The molecular weight excluding hydrogens is 520 g/mol. The Bertz CT molecular complexity index is 1080. The van der Waals surface area contributed by atoms with Crippen LogP contribution in [0.4, 0.5) is 0 Å². The smallest absolute Gasteiger partial charge is 0.320 e. The van der Waals surface area contributed by atoms with Crippen LogP contribution in [0.15, 0.2) is 24.3 Å². The fraction of sp³-hybridized carbons (Fsp3) is 0.567. The zero-order valence-electron chi connectivity index (χ0n) is 24.5. The number of hydrogen-bond acceptors (Lipinski definition) is 8. The lowest BCUT2D eigenvalue weighted by molar-refractivity contribution is -0.158. The summed E-state index contributed by atoms with van der Waals surface area (Å²) < 4.78 is 15.5. The monoisotopic (exact) mass is 564 g/mol. The second-order valence-electron chi connectivity index (χ2n) is 10.3. The molecule has 0 unspecified atom stereocenters. The number of ketones is 1. The molecule has 0 bridgehead atoms. The Balaban J connectivity index is 0.00000352. The van der Waals surface area contributed by atoms with Gasteiger partial charge in [-0.25, -0.2) is 0 Å². The standard InChI is InChI=1S/C29H40O6S.CH4S/c1-10-29(11-2,20-12-13-22(18(3)14-20)35-17-24(30)28(5,6)7)25-15-19(4)23(36-25)16-21(26(31)33-8)27(32)34-9;1-2/h12-15,21H,10-11,16-17H2,1-9H3;2H,1H3. The number of thiol groups is 1. The van der Waals surface area contributed by atoms with Crippen LogP contribution in [0.5, 0.6) is 5.75 Å². The highest BCUT2D eigenvalue weighted by Gasteiger charge is 2.35. The predicted molar refractivity (Wildman–Crippen MR) is 158 cm³/mol. The van der Waals surface area contributed by atoms with Crippen molar-refractivity contribution in [1.29, 1.82) is 0 Å². The summed E-state index contributed by atoms with van der Waals surface area (Å²) in [4.78, 5) is 38.9. The van der Waals surface area contributed by atoms with E-state index in [0.717, 1.165) is 28.8 Å². The third-order valence-corrected chi connectivity index (χ3v) is 8.45. The number of rotatable bonds is 11. The number of thiophene rings is 1. The average Bonchev–Trinajstić information content (AvgIpc) is 3.27. The molecule has 1 aromatic heterocycles. The molecule has 2 aromatic rings. The lowest BCUT2D eigenvalue weighted by atomic mass is 9.74. The number of aryl methyl sites for hydroxylation is 2. The molecule has 2 rings (SSSR count). The fourth-order valence-corrected chi connectivity index (χ4v) is 5.88. The van der Waals surface area contributed by atoms with Crippen molar-refractivity contribution in [3.63, 3.8) is 0 Å². The topological polar surface area (TPSA) is 78.9 Å². The van der Waals surface area contributed by atoms with Crippen molar-refractivity contribution in [2.75, 3.05) is 27.1 Å². The van der Waals surface area contributed by atoms with Crippen molar-refractivity contribution < 1.29 is 28.6 Å². The largest absolute Gasteiger partial charge is 0.486 e. The normalized spacial score (nSPS) is 11.5. The van der Waals surface area contributed by atoms with Gasteiger partial charge in [0.25, 0.3) is 0 Å². The van der Waals surface area contributed by atoms with Crippen LogP contribution in [0.1, 0.15) is 73.9 Å². The maximum atomic E-state index is 12.3. The molecule has 6 nitrogen and oxygen atoms in total. The zero-order valence-corrected chi connectivity index (χ0v) is 26.2.